The van der Waals surface area contributed by atoms with Crippen LogP contribution in [0.3, 0.4) is 0 Å². The van der Waals surface area contributed by atoms with E-state index < -0.39 is 9.84 Å². The number of hydrogen-bond donors (Lipinski definition) is 1. The summed E-state index contributed by atoms with van der Waals surface area (Å²) in [4.78, 5) is 2.01. The summed E-state index contributed by atoms with van der Waals surface area (Å²) in [7, 11) is 0.940. The first kappa shape index (κ1) is 14.6. The van der Waals surface area contributed by atoms with Gasteiger partial charge >= 0.3 is 0 Å². The van der Waals surface area contributed by atoms with Gasteiger partial charge in [-0.25, -0.2) is 8.42 Å². The number of benzene rings is 1. The lowest BCUT2D eigenvalue weighted by Gasteiger charge is -2.26. The zero-order valence-electron chi connectivity index (χ0n) is 11.2. The molecule has 1 N–H and O–H groups in total. The van der Waals surface area contributed by atoms with Crippen LogP contribution in [0, 0.1) is 0 Å². The van der Waals surface area contributed by atoms with E-state index in [1.54, 1.807) is 0 Å². The van der Waals surface area contributed by atoms with Crippen LogP contribution >= 0.6 is 11.6 Å². The van der Waals surface area contributed by atoms with E-state index in [1.165, 1.54) is 0 Å². The van der Waals surface area contributed by atoms with Crippen molar-refractivity contribution in [2.24, 2.45) is 0 Å². The number of nitrogens with zero attached hydrogens (tertiary/aromatic N) is 1. The van der Waals surface area contributed by atoms with Crippen LogP contribution in [0.25, 0.3) is 0 Å². The van der Waals surface area contributed by atoms with Gasteiger partial charge in [-0.3, -0.25) is 0 Å². The van der Waals surface area contributed by atoms with Crippen molar-refractivity contribution >= 4 is 27.1 Å². The van der Waals surface area contributed by atoms with E-state index in [2.05, 4.69) is 5.32 Å². The van der Waals surface area contributed by atoms with Gasteiger partial charge in [0.15, 0.2) is 9.84 Å². The van der Waals surface area contributed by atoms with Crippen molar-refractivity contribution in [3.8, 4) is 0 Å². The van der Waals surface area contributed by atoms with Crippen LogP contribution in [0.4, 0.5) is 5.69 Å². The summed E-state index contributed by atoms with van der Waals surface area (Å²) in [6.45, 7) is 0.723. The summed E-state index contributed by atoms with van der Waals surface area (Å²) in [5, 5.41) is 3.77. The van der Waals surface area contributed by atoms with Crippen LogP contribution in [0.1, 0.15) is 12.0 Å². The fraction of sp³-hybridized carbons (Fsp3) is 0.538. The van der Waals surface area contributed by atoms with Crippen LogP contribution in [-0.4, -0.2) is 40.1 Å². The quantitative estimate of drug-likeness (QED) is 0.919. The third kappa shape index (κ3) is 3.41. The van der Waals surface area contributed by atoms with Crippen LogP contribution in [0.5, 0.6) is 0 Å². The summed E-state index contributed by atoms with van der Waals surface area (Å²) in [6, 6.07) is 5.92. The number of nitrogens with one attached hydrogen (secondary N) is 1. The van der Waals surface area contributed by atoms with E-state index in [0.29, 0.717) is 11.4 Å². The first-order chi connectivity index (χ1) is 8.93. The van der Waals surface area contributed by atoms with Gasteiger partial charge in [-0.1, -0.05) is 17.7 Å². The van der Waals surface area contributed by atoms with Gasteiger partial charge in [-0.05, 0) is 31.2 Å². The molecule has 1 aromatic carbocycles. The second-order valence-corrected chi connectivity index (χ2v) is 7.61. The molecule has 1 aliphatic heterocycles. The Balaban J connectivity index is 2.16. The molecule has 1 heterocycles. The van der Waals surface area contributed by atoms with Crippen molar-refractivity contribution in [1.82, 2.24) is 5.32 Å². The van der Waals surface area contributed by atoms with Crippen molar-refractivity contribution in [3.05, 3.63) is 28.8 Å². The van der Waals surface area contributed by atoms with E-state index >= 15 is 0 Å². The normalized spacial score (nSPS) is 21.5. The maximum absolute atomic E-state index is 11.5. The van der Waals surface area contributed by atoms with Gasteiger partial charge in [0, 0.05) is 30.3 Å². The Labute approximate surface area is 119 Å². The molecule has 19 heavy (non-hydrogen) atoms. The standard InChI is InChI=1S/C13H19ClN2O2S/c1-15-8-10-3-4-11(7-13(10)14)16(2)12-5-6-19(17,18)9-12/h3-4,7,12,15H,5-6,8-9H2,1-2H3. The average molecular weight is 303 g/mol. The van der Waals surface area contributed by atoms with E-state index in [-0.39, 0.29) is 17.5 Å². The molecule has 1 aliphatic rings. The molecule has 4 nitrogen and oxygen atoms in total. The van der Waals surface area contributed by atoms with Gasteiger partial charge in [0.05, 0.1) is 11.5 Å². The highest BCUT2D eigenvalue weighted by Crippen LogP contribution is 2.27. The molecule has 0 bridgehead atoms. The molecular weight excluding hydrogens is 284 g/mol. The molecule has 6 heteroatoms. The summed E-state index contributed by atoms with van der Waals surface area (Å²) >= 11 is 6.23. The smallest absolute Gasteiger partial charge is 0.152 e. The Bertz CT molecular complexity index is 560. The van der Waals surface area contributed by atoms with E-state index in [4.69, 9.17) is 11.6 Å². The fourth-order valence-corrected chi connectivity index (χ4v) is 4.40. The molecule has 1 atom stereocenters. The molecule has 1 aromatic rings. The van der Waals surface area contributed by atoms with Gasteiger partial charge in [-0.15, -0.1) is 0 Å². The lowest BCUT2D eigenvalue weighted by Crippen LogP contribution is -2.32. The molecule has 0 radical (unpaired) electrons. The first-order valence-electron chi connectivity index (χ1n) is 6.29. The van der Waals surface area contributed by atoms with E-state index in [1.807, 2.05) is 37.2 Å². The fourth-order valence-electron chi connectivity index (χ4n) is 2.38. The number of sulfone groups is 1. The number of rotatable bonds is 4. The van der Waals surface area contributed by atoms with Crippen molar-refractivity contribution in [3.63, 3.8) is 0 Å². The van der Waals surface area contributed by atoms with E-state index in [9.17, 15) is 8.42 Å². The van der Waals surface area contributed by atoms with Gasteiger partial charge in [0.1, 0.15) is 0 Å². The monoisotopic (exact) mass is 302 g/mol. The Morgan fingerprint density at radius 2 is 2.21 bits per heavy atom. The molecule has 1 fully saturated rings. The highest BCUT2D eigenvalue weighted by Gasteiger charge is 2.30. The minimum Gasteiger partial charge on any atom is -0.371 e. The molecule has 1 unspecified atom stereocenters. The maximum atomic E-state index is 11.5. The van der Waals surface area contributed by atoms with Crippen molar-refractivity contribution in [2.45, 2.75) is 19.0 Å². The Morgan fingerprint density at radius 3 is 2.74 bits per heavy atom. The van der Waals surface area contributed by atoms with E-state index in [0.717, 1.165) is 17.8 Å². The molecule has 2 rings (SSSR count). The van der Waals surface area contributed by atoms with Crippen LogP contribution < -0.4 is 10.2 Å². The molecule has 1 saturated heterocycles. The van der Waals surface area contributed by atoms with Gasteiger partial charge < -0.3 is 10.2 Å². The predicted octanol–water partition coefficient (Wildman–Crippen LogP) is 1.68. The van der Waals surface area contributed by atoms with Gasteiger partial charge in [-0.2, -0.15) is 0 Å². The van der Waals surface area contributed by atoms with Crippen LogP contribution in [0.2, 0.25) is 5.02 Å². The zero-order chi connectivity index (χ0) is 14.0. The topological polar surface area (TPSA) is 49.4 Å². The maximum Gasteiger partial charge on any atom is 0.152 e. The summed E-state index contributed by atoms with van der Waals surface area (Å²) in [5.41, 5.74) is 2.01. The lowest BCUT2D eigenvalue weighted by molar-refractivity contribution is 0.601. The second kappa shape index (κ2) is 5.69. The zero-order valence-corrected chi connectivity index (χ0v) is 12.8. The highest BCUT2D eigenvalue weighted by molar-refractivity contribution is 7.91. The van der Waals surface area contributed by atoms with Crippen LogP contribution in [0.15, 0.2) is 18.2 Å². The molecule has 106 valence electrons. The minimum absolute atomic E-state index is 0.0521. The van der Waals surface area contributed by atoms with Crippen LogP contribution in [-0.2, 0) is 16.4 Å². The number of halogens is 1. The second-order valence-electron chi connectivity index (χ2n) is 4.97. The molecule has 0 aliphatic carbocycles. The van der Waals surface area contributed by atoms with Crippen molar-refractivity contribution in [1.29, 1.82) is 0 Å². The van der Waals surface area contributed by atoms with Gasteiger partial charge in [0.2, 0.25) is 0 Å². The Hall–Kier alpha value is -0.780. The molecular formula is C13H19ClN2O2S. The molecule has 0 aromatic heterocycles. The molecule has 0 saturated carbocycles. The molecule has 0 spiro atoms. The van der Waals surface area contributed by atoms with Crippen molar-refractivity contribution in [2.75, 3.05) is 30.5 Å². The summed E-state index contributed by atoms with van der Waals surface area (Å²) in [6.07, 6.45) is 0.689. The SMILES string of the molecule is CNCc1ccc(N(C)C2CCS(=O)(=O)C2)cc1Cl. The summed E-state index contributed by atoms with van der Waals surface area (Å²) < 4.78 is 23.0. The predicted molar refractivity (Wildman–Crippen MR) is 79.7 cm³/mol. The minimum atomic E-state index is -2.86. The summed E-state index contributed by atoms with van der Waals surface area (Å²) in [5.74, 6) is 0.521. The number of hydrogen-bond acceptors (Lipinski definition) is 4. The molecule has 0 amide bonds. The third-order valence-electron chi connectivity index (χ3n) is 3.57. The third-order valence-corrected chi connectivity index (χ3v) is 5.67. The Kier molecular flexibility index (Phi) is 4.38. The highest BCUT2D eigenvalue weighted by atomic mass is 35.5. The number of anilines is 1. The Morgan fingerprint density at radius 1 is 1.47 bits per heavy atom. The average Bonchev–Trinajstić information content (AvgIpc) is 2.71. The first-order valence-corrected chi connectivity index (χ1v) is 8.49. The lowest BCUT2D eigenvalue weighted by atomic mass is 10.1. The van der Waals surface area contributed by atoms with Crippen molar-refractivity contribution < 1.29 is 8.42 Å². The van der Waals surface area contributed by atoms with Gasteiger partial charge in [0.25, 0.3) is 0 Å². The largest absolute Gasteiger partial charge is 0.371 e.